The molecule has 4 rings (SSSR count). The molecule has 2 saturated carbocycles. The number of phenolic OH excluding ortho intramolecular Hbond substituents is 1. The number of rotatable bonds is 2. The summed E-state index contributed by atoms with van der Waals surface area (Å²) in [5.74, 6) is -9.62. The van der Waals surface area contributed by atoms with E-state index >= 15 is 0 Å². The largest absolute Gasteiger partial charge is 0.507 e. The highest BCUT2D eigenvalue weighted by atomic mass is 16.3. The van der Waals surface area contributed by atoms with Crippen molar-refractivity contribution < 1.29 is 39.9 Å². The highest BCUT2D eigenvalue weighted by Crippen LogP contribution is 2.55. The average Bonchev–Trinajstić information content (AvgIpc) is 2.72. The molecule has 0 saturated heterocycles. The second kappa shape index (κ2) is 7.36. The van der Waals surface area contributed by atoms with Crippen LogP contribution in [0.15, 0.2) is 17.7 Å². The Morgan fingerprint density at radius 3 is 2.27 bits per heavy atom. The molecule has 2 unspecified atom stereocenters. The number of nitrogens with zero attached hydrogens (tertiary/aromatic N) is 1. The number of amides is 1. The van der Waals surface area contributed by atoms with Gasteiger partial charge in [0, 0.05) is 23.5 Å². The maximum Gasteiger partial charge on any atom is 0.230 e. The van der Waals surface area contributed by atoms with E-state index in [1.165, 1.54) is 19.0 Å². The van der Waals surface area contributed by atoms with E-state index in [-0.39, 0.29) is 11.3 Å². The zero-order valence-corrected chi connectivity index (χ0v) is 18.7. The van der Waals surface area contributed by atoms with E-state index in [0.717, 1.165) is 0 Å². The fourth-order valence-electron chi connectivity index (χ4n) is 6.08. The zero-order chi connectivity index (χ0) is 24.7. The summed E-state index contributed by atoms with van der Waals surface area (Å²) in [6, 6.07) is 2.14. The first-order valence-corrected chi connectivity index (χ1v) is 10.7. The lowest BCUT2D eigenvalue weighted by Crippen LogP contribution is -2.76. The molecular weight excluding hydrogens is 432 g/mol. The second-order valence-electron chi connectivity index (χ2n) is 9.57. The molecule has 0 spiro atoms. The Morgan fingerprint density at radius 2 is 1.73 bits per heavy atom. The van der Waals surface area contributed by atoms with Crippen molar-refractivity contribution in [3.8, 4) is 5.75 Å². The Bertz CT molecular complexity index is 1110. The molecule has 178 valence electrons. The van der Waals surface area contributed by atoms with Gasteiger partial charge in [0.25, 0.3) is 0 Å². The number of benzene rings is 1. The van der Waals surface area contributed by atoms with Crippen LogP contribution < -0.4 is 5.73 Å². The lowest BCUT2D eigenvalue weighted by Gasteiger charge is -2.56. The fraction of sp³-hybridized carbons (Fsp3) is 0.522. The Hall–Kier alpha value is -2.79. The minimum Gasteiger partial charge on any atom is -0.507 e. The van der Waals surface area contributed by atoms with Gasteiger partial charge in [0.15, 0.2) is 11.4 Å². The predicted octanol–water partition coefficient (Wildman–Crippen LogP) is -1.03. The van der Waals surface area contributed by atoms with Gasteiger partial charge in [-0.1, -0.05) is 19.1 Å². The van der Waals surface area contributed by atoms with Crippen LogP contribution >= 0.6 is 0 Å². The molecule has 10 nitrogen and oxygen atoms in total. The molecule has 0 bridgehead atoms. The highest BCUT2D eigenvalue weighted by Gasteiger charge is 2.71. The third kappa shape index (κ3) is 2.78. The second-order valence-corrected chi connectivity index (χ2v) is 9.57. The minimum atomic E-state index is -2.91. The highest BCUT2D eigenvalue weighted by molar-refractivity contribution is 6.25. The van der Waals surface area contributed by atoms with Gasteiger partial charge >= 0.3 is 0 Å². The monoisotopic (exact) mass is 460 g/mol. The quantitative estimate of drug-likeness (QED) is 0.301. The molecule has 1 aromatic carbocycles. The Labute approximate surface area is 189 Å². The molecule has 0 heterocycles. The predicted molar refractivity (Wildman–Crippen MR) is 115 cm³/mol. The third-order valence-electron chi connectivity index (χ3n) is 7.70. The molecular formula is C23H28N2O8. The van der Waals surface area contributed by atoms with Gasteiger partial charge in [-0.05, 0) is 38.1 Å². The molecule has 8 atom stereocenters. The van der Waals surface area contributed by atoms with Crippen molar-refractivity contribution in [1.29, 1.82) is 0 Å². The van der Waals surface area contributed by atoms with Crippen LogP contribution in [0, 0.1) is 24.7 Å². The number of ketones is 2. The lowest BCUT2D eigenvalue weighted by molar-refractivity contribution is -0.199. The third-order valence-corrected chi connectivity index (χ3v) is 7.70. The zero-order valence-electron chi connectivity index (χ0n) is 18.7. The van der Waals surface area contributed by atoms with Gasteiger partial charge < -0.3 is 36.2 Å². The van der Waals surface area contributed by atoms with Crippen LogP contribution in [0.1, 0.15) is 29.5 Å². The van der Waals surface area contributed by atoms with E-state index in [1.54, 1.807) is 26.0 Å². The van der Waals surface area contributed by atoms with Crippen molar-refractivity contribution in [2.24, 2.45) is 23.5 Å². The molecule has 3 aliphatic rings. The van der Waals surface area contributed by atoms with E-state index in [1.807, 2.05) is 0 Å². The summed E-state index contributed by atoms with van der Waals surface area (Å²) in [6.45, 7) is 3.31. The lowest BCUT2D eigenvalue weighted by atomic mass is 9.51. The Morgan fingerprint density at radius 1 is 1.12 bits per heavy atom. The SMILES string of the molecule is Cc1ccc2c(c1O)C(O)=C1C(=O)[C@]3(O)C(=O)C(C(N)=O)C(O)[C@@H](N(C)C)[C@@H]3[C@@H](O)[C@@H]1[C@H]2C. The number of aryl methyl sites for hydroxylation is 1. The number of aromatic hydroxyl groups is 1. The molecule has 1 amide bonds. The standard InChI is InChI=1S/C23H28N2O8/c1-7-5-6-9-8(2)10-12(17(27)11(9)16(7)26)20(30)23(33)14(18(10)28)15(25(3)4)19(29)13(21(23)31)22(24)32/h5-6,8,10,13-15,18-19,26-29,33H,1-4H3,(H2,24,32)/t8-,10+,13?,14+,15-,18-,19?,23-/m0/s1. The summed E-state index contributed by atoms with van der Waals surface area (Å²) in [6.07, 6.45) is -3.23. The summed E-state index contributed by atoms with van der Waals surface area (Å²) in [4.78, 5) is 40.5. The van der Waals surface area contributed by atoms with E-state index in [9.17, 15) is 39.9 Å². The van der Waals surface area contributed by atoms with Crippen molar-refractivity contribution in [1.82, 2.24) is 4.90 Å². The first-order chi connectivity index (χ1) is 15.3. The molecule has 7 N–H and O–H groups in total. The van der Waals surface area contributed by atoms with E-state index in [4.69, 9.17) is 5.73 Å². The summed E-state index contributed by atoms with van der Waals surface area (Å²) >= 11 is 0. The number of nitrogens with two attached hydrogens (primary N) is 1. The number of carbonyl (C=O) groups is 3. The number of likely N-dealkylation sites (N-methyl/N-ethyl adjacent to an activating group) is 1. The van der Waals surface area contributed by atoms with Crippen molar-refractivity contribution >= 4 is 23.2 Å². The van der Waals surface area contributed by atoms with Gasteiger partial charge in [0.05, 0.1) is 17.8 Å². The molecule has 2 fully saturated rings. The van der Waals surface area contributed by atoms with Gasteiger partial charge in [0.1, 0.15) is 17.4 Å². The smallest absolute Gasteiger partial charge is 0.230 e. The van der Waals surface area contributed by atoms with Gasteiger partial charge in [-0.2, -0.15) is 0 Å². The van der Waals surface area contributed by atoms with Gasteiger partial charge in [-0.3, -0.25) is 14.4 Å². The van der Waals surface area contributed by atoms with E-state index in [0.29, 0.717) is 11.1 Å². The van der Waals surface area contributed by atoms with Crippen LogP contribution in [0.4, 0.5) is 0 Å². The summed E-state index contributed by atoms with van der Waals surface area (Å²) < 4.78 is 0. The van der Waals surface area contributed by atoms with Crippen LogP contribution in [-0.2, 0) is 14.4 Å². The van der Waals surface area contributed by atoms with Gasteiger partial charge in [-0.15, -0.1) is 0 Å². The van der Waals surface area contributed by atoms with Crippen LogP contribution in [0.3, 0.4) is 0 Å². The molecule has 0 aliphatic heterocycles. The number of fused-ring (bicyclic) bond motifs is 3. The first-order valence-electron chi connectivity index (χ1n) is 10.7. The number of aliphatic hydroxyl groups is 4. The number of hydrogen-bond acceptors (Lipinski definition) is 9. The minimum absolute atomic E-state index is 0.00439. The summed E-state index contributed by atoms with van der Waals surface area (Å²) in [5.41, 5.74) is 2.94. The van der Waals surface area contributed by atoms with E-state index in [2.05, 4.69) is 0 Å². The van der Waals surface area contributed by atoms with Crippen LogP contribution in [0.2, 0.25) is 0 Å². The molecule has 1 aromatic rings. The number of primary amides is 1. The first kappa shape index (κ1) is 23.4. The normalized spacial score (nSPS) is 38.1. The summed E-state index contributed by atoms with van der Waals surface area (Å²) in [7, 11) is 3.03. The van der Waals surface area contributed by atoms with Crippen LogP contribution in [0.25, 0.3) is 5.76 Å². The molecule has 0 radical (unpaired) electrons. The van der Waals surface area contributed by atoms with Crippen molar-refractivity contribution in [2.45, 2.75) is 43.6 Å². The van der Waals surface area contributed by atoms with Crippen molar-refractivity contribution in [3.05, 3.63) is 34.4 Å². The summed E-state index contributed by atoms with van der Waals surface area (Å²) in [5, 5.41) is 55.5. The van der Waals surface area contributed by atoms with Crippen LogP contribution in [-0.4, -0.2) is 85.9 Å². The molecule has 33 heavy (non-hydrogen) atoms. The Kier molecular flexibility index (Phi) is 5.21. The van der Waals surface area contributed by atoms with Gasteiger partial charge in [0.2, 0.25) is 11.7 Å². The number of phenols is 1. The maximum absolute atomic E-state index is 13.7. The Balaban J connectivity index is 2.02. The maximum atomic E-state index is 13.7. The average molecular weight is 460 g/mol. The number of Topliss-reactive ketones (excluding diaryl/α,β-unsaturated/α-hetero) is 2. The molecule has 10 heteroatoms. The number of carbonyl (C=O) groups excluding carboxylic acids is 3. The molecule has 3 aliphatic carbocycles. The topological polar surface area (TPSA) is 182 Å². The molecule has 0 aromatic heterocycles. The van der Waals surface area contributed by atoms with E-state index < -0.39 is 76.3 Å². The van der Waals surface area contributed by atoms with Crippen LogP contribution in [0.5, 0.6) is 5.75 Å². The van der Waals surface area contributed by atoms with Crippen molar-refractivity contribution in [2.75, 3.05) is 14.1 Å². The fourth-order valence-corrected chi connectivity index (χ4v) is 6.08. The number of hydrogen-bond donors (Lipinski definition) is 6. The number of aliphatic hydroxyl groups excluding tert-OH is 3. The van der Waals surface area contributed by atoms with Crippen molar-refractivity contribution in [3.63, 3.8) is 0 Å². The van der Waals surface area contributed by atoms with Gasteiger partial charge in [-0.25, -0.2) is 0 Å².